The number of nitrogens with zero attached hydrogens (tertiary/aromatic N) is 2. The van der Waals surface area contributed by atoms with Crippen LogP contribution in [0.25, 0.3) is 0 Å². The first-order valence-electron chi connectivity index (χ1n) is 5.37. The summed E-state index contributed by atoms with van der Waals surface area (Å²) in [4.78, 5) is 22.1. The van der Waals surface area contributed by atoms with E-state index in [9.17, 15) is 14.7 Å². The maximum Gasteiger partial charge on any atom is 0.267 e. The molecule has 1 aliphatic heterocycles. The molecule has 18 heavy (non-hydrogen) atoms. The summed E-state index contributed by atoms with van der Waals surface area (Å²) in [7, 11) is 0. The van der Waals surface area contributed by atoms with Gasteiger partial charge in [0.25, 0.3) is 5.91 Å². The fraction of sp³-hybridized carbons (Fsp3) is 0.250. The molecule has 2 heterocycles. The summed E-state index contributed by atoms with van der Waals surface area (Å²) in [6.07, 6.45) is 3.69. The van der Waals surface area contributed by atoms with Crippen molar-refractivity contribution in [1.82, 2.24) is 5.01 Å². The van der Waals surface area contributed by atoms with E-state index in [1.54, 1.807) is 19.1 Å². The van der Waals surface area contributed by atoms with Crippen molar-refractivity contribution in [3.63, 3.8) is 0 Å². The van der Waals surface area contributed by atoms with Gasteiger partial charge in [0.15, 0.2) is 0 Å². The number of furan rings is 1. The van der Waals surface area contributed by atoms with Crippen molar-refractivity contribution in [3.8, 4) is 0 Å². The standard InChI is InChI=1S/C12H12N2O4/c1-8-7-9(10-3-2-6-18-10)14(13-8)11(15)4-5-12(16)17/h2-6,9H,7H2,1H3,(H,16,17)/p-1/b5-4+/t9-/m0/s1. The lowest BCUT2D eigenvalue weighted by atomic mass is 10.1. The number of amides is 1. The SMILES string of the molecule is CC1=NN(C(=O)/C=C/C(=O)[O-])[C@H](c2ccco2)C1. The van der Waals surface area contributed by atoms with Gasteiger partial charge in [0.1, 0.15) is 11.8 Å². The fourth-order valence-electron chi connectivity index (χ4n) is 1.78. The lowest BCUT2D eigenvalue weighted by molar-refractivity contribution is -0.297. The third-order valence-electron chi connectivity index (χ3n) is 2.52. The molecule has 1 atom stereocenters. The maximum absolute atomic E-state index is 11.8. The Morgan fingerprint density at radius 2 is 2.33 bits per heavy atom. The number of carbonyl (C=O) groups is 2. The number of hydrogen-bond acceptors (Lipinski definition) is 5. The number of carboxylic acid groups (broad SMARTS) is 1. The highest BCUT2D eigenvalue weighted by molar-refractivity contribution is 5.96. The summed E-state index contributed by atoms with van der Waals surface area (Å²) in [6.45, 7) is 1.80. The molecule has 0 fully saturated rings. The van der Waals surface area contributed by atoms with E-state index < -0.39 is 11.9 Å². The van der Waals surface area contributed by atoms with E-state index in [2.05, 4.69) is 5.10 Å². The van der Waals surface area contributed by atoms with Gasteiger partial charge in [-0.1, -0.05) is 0 Å². The molecule has 0 saturated carbocycles. The van der Waals surface area contributed by atoms with Gasteiger partial charge in [0.2, 0.25) is 0 Å². The van der Waals surface area contributed by atoms with Gasteiger partial charge in [-0.25, -0.2) is 5.01 Å². The number of aliphatic carboxylic acids is 1. The first-order valence-corrected chi connectivity index (χ1v) is 5.37. The van der Waals surface area contributed by atoms with Gasteiger partial charge in [-0.15, -0.1) is 0 Å². The Kier molecular flexibility index (Phi) is 3.27. The second-order valence-corrected chi connectivity index (χ2v) is 3.91. The minimum atomic E-state index is -1.42. The molecular formula is C12H11N2O4-. The van der Waals surface area contributed by atoms with Crippen molar-refractivity contribution in [1.29, 1.82) is 0 Å². The van der Waals surface area contributed by atoms with Crippen molar-refractivity contribution in [3.05, 3.63) is 36.3 Å². The van der Waals surface area contributed by atoms with Gasteiger partial charge in [0, 0.05) is 18.2 Å². The summed E-state index contributed by atoms with van der Waals surface area (Å²) in [5.41, 5.74) is 0.784. The van der Waals surface area contributed by atoms with Crippen LogP contribution >= 0.6 is 0 Å². The monoisotopic (exact) mass is 247 g/mol. The van der Waals surface area contributed by atoms with Crippen LogP contribution in [0, 0.1) is 0 Å². The second-order valence-electron chi connectivity index (χ2n) is 3.91. The van der Waals surface area contributed by atoms with Gasteiger partial charge in [-0.05, 0) is 25.1 Å². The molecule has 94 valence electrons. The third-order valence-corrected chi connectivity index (χ3v) is 2.52. The van der Waals surface area contributed by atoms with Crippen molar-refractivity contribution in [2.24, 2.45) is 5.10 Å². The van der Waals surface area contributed by atoms with E-state index in [-0.39, 0.29) is 6.04 Å². The highest BCUT2D eigenvalue weighted by atomic mass is 16.4. The van der Waals surface area contributed by atoms with Gasteiger partial charge < -0.3 is 14.3 Å². The molecule has 0 saturated heterocycles. The molecule has 6 nitrogen and oxygen atoms in total. The van der Waals surface area contributed by atoms with Crippen LogP contribution in [0.1, 0.15) is 25.1 Å². The maximum atomic E-state index is 11.8. The molecule has 0 bridgehead atoms. The summed E-state index contributed by atoms with van der Waals surface area (Å²) in [5.74, 6) is -1.32. The molecule has 0 aromatic carbocycles. The van der Waals surface area contributed by atoms with E-state index in [0.717, 1.165) is 11.8 Å². The predicted octanol–water partition coefficient (Wildman–Crippen LogP) is 0.235. The summed E-state index contributed by atoms with van der Waals surface area (Å²) < 4.78 is 5.25. The zero-order valence-corrected chi connectivity index (χ0v) is 9.70. The van der Waals surface area contributed by atoms with Gasteiger partial charge in [0.05, 0.1) is 12.2 Å². The van der Waals surface area contributed by atoms with Crippen molar-refractivity contribution in [2.45, 2.75) is 19.4 Å². The van der Waals surface area contributed by atoms with E-state index in [0.29, 0.717) is 18.3 Å². The molecule has 0 spiro atoms. The minimum Gasteiger partial charge on any atom is -0.545 e. The fourth-order valence-corrected chi connectivity index (χ4v) is 1.78. The van der Waals surface area contributed by atoms with E-state index in [4.69, 9.17) is 4.42 Å². The highest BCUT2D eigenvalue weighted by Gasteiger charge is 2.31. The molecule has 0 aliphatic carbocycles. The Balaban J connectivity index is 2.19. The van der Waals surface area contributed by atoms with E-state index in [1.807, 2.05) is 0 Å². The summed E-state index contributed by atoms with van der Waals surface area (Å²) >= 11 is 0. The lowest BCUT2D eigenvalue weighted by Crippen LogP contribution is -2.26. The van der Waals surface area contributed by atoms with Crippen LogP contribution < -0.4 is 5.11 Å². The molecule has 1 aromatic rings. The summed E-state index contributed by atoms with van der Waals surface area (Å²) in [6, 6.07) is 3.16. The van der Waals surface area contributed by atoms with Crippen molar-refractivity contribution in [2.75, 3.05) is 0 Å². The topological polar surface area (TPSA) is 85.9 Å². The third kappa shape index (κ3) is 2.48. The number of carboxylic acids is 1. The van der Waals surface area contributed by atoms with Crippen LogP contribution in [0.15, 0.2) is 40.1 Å². The van der Waals surface area contributed by atoms with Crippen LogP contribution in [0.2, 0.25) is 0 Å². The second kappa shape index (κ2) is 4.87. The lowest BCUT2D eigenvalue weighted by Gasteiger charge is -2.18. The average molecular weight is 247 g/mol. The minimum absolute atomic E-state index is 0.320. The zero-order valence-electron chi connectivity index (χ0n) is 9.70. The predicted molar refractivity (Wildman–Crippen MR) is 60.2 cm³/mol. The Morgan fingerprint density at radius 1 is 1.56 bits per heavy atom. The molecule has 6 heteroatoms. The number of hydrogen-bond donors (Lipinski definition) is 0. The average Bonchev–Trinajstić information content (AvgIpc) is 2.93. The molecule has 0 N–H and O–H groups in total. The smallest absolute Gasteiger partial charge is 0.267 e. The molecule has 2 rings (SSSR count). The van der Waals surface area contributed by atoms with Crippen LogP contribution in [-0.4, -0.2) is 22.6 Å². The first-order chi connectivity index (χ1) is 8.58. The molecular weight excluding hydrogens is 236 g/mol. The van der Waals surface area contributed by atoms with Crippen molar-refractivity contribution >= 4 is 17.6 Å². The Labute approximate surface area is 103 Å². The number of carbonyl (C=O) groups excluding carboxylic acids is 2. The van der Waals surface area contributed by atoms with Gasteiger partial charge >= 0.3 is 0 Å². The molecule has 1 aliphatic rings. The molecule has 0 radical (unpaired) electrons. The largest absolute Gasteiger partial charge is 0.545 e. The normalized spacial score (nSPS) is 19.3. The molecule has 0 unspecified atom stereocenters. The molecule has 1 amide bonds. The van der Waals surface area contributed by atoms with Crippen LogP contribution in [0.4, 0.5) is 0 Å². The first kappa shape index (κ1) is 12.1. The molecule has 1 aromatic heterocycles. The van der Waals surface area contributed by atoms with Crippen molar-refractivity contribution < 1.29 is 19.1 Å². The number of rotatable bonds is 3. The Morgan fingerprint density at radius 3 is 2.94 bits per heavy atom. The highest BCUT2D eigenvalue weighted by Crippen LogP contribution is 2.30. The van der Waals surface area contributed by atoms with E-state index in [1.165, 1.54) is 11.3 Å². The van der Waals surface area contributed by atoms with Crippen LogP contribution in [-0.2, 0) is 9.59 Å². The quantitative estimate of drug-likeness (QED) is 0.716. The van der Waals surface area contributed by atoms with E-state index >= 15 is 0 Å². The zero-order chi connectivity index (χ0) is 13.1. The summed E-state index contributed by atoms with van der Waals surface area (Å²) in [5, 5.41) is 15.6. The van der Waals surface area contributed by atoms with Crippen LogP contribution in [0.3, 0.4) is 0 Å². The van der Waals surface area contributed by atoms with Gasteiger partial charge in [-0.2, -0.15) is 5.10 Å². The Bertz CT molecular complexity index is 516. The van der Waals surface area contributed by atoms with Gasteiger partial charge in [-0.3, -0.25) is 4.79 Å². The van der Waals surface area contributed by atoms with Crippen LogP contribution in [0.5, 0.6) is 0 Å². The Hall–Kier alpha value is -2.37. The number of hydrazone groups is 1.